The van der Waals surface area contributed by atoms with E-state index in [9.17, 15) is 4.79 Å². The van der Waals surface area contributed by atoms with Gasteiger partial charge in [0.05, 0.1) is 6.20 Å². The van der Waals surface area contributed by atoms with Crippen molar-refractivity contribution in [2.24, 2.45) is 5.92 Å². The van der Waals surface area contributed by atoms with Crippen molar-refractivity contribution in [2.45, 2.75) is 39.7 Å². The van der Waals surface area contributed by atoms with Gasteiger partial charge in [-0.25, -0.2) is 9.78 Å². The lowest BCUT2D eigenvalue weighted by molar-refractivity contribution is 0.0702. The Balaban J connectivity index is 2.49. The predicted molar refractivity (Wildman–Crippen MR) is 66.2 cm³/mol. The summed E-state index contributed by atoms with van der Waals surface area (Å²) in [5.74, 6) is -0.249. The van der Waals surface area contributed by atoms with Crippen molar-refractivity contribution in [3.63, 3.8) is 0 Å². The number of anilines is 1. The molecule has 1 heterocycles. The SMILES string of the molecule is CCC(C)CC(C)Nc1ncc(C(=O)O)s1. The molecule has 2 N–H and O–H groups in total. The normalized spacial score (nSPS) is 14.4. The van der Waals surface area contributed by atoms with E-state index in [4.69, 9.17) is 5.11 Å². The fourth-order valence-corrected chi connectivity index (χ4v) is 2.25. The van der Waals surface area contributed by atoms with Crippen LogP contribution in [0.1, 0.15) is 43.3 Å². The van der Waals surface area contributed by atoms with Gasteiger partial charge in [0.25, 0.3) is 0 Å². The van der Waals surface area contributed by atoms with Crippen LogP contribution in [0.5, 0.6) is 0 Å². The highest BCUT2D eigenvalue weighted by atomic mass is 32.1. The van der Waals surface area contributed by atoms with Crippen LogP contribution < -0.4 is 5.32 Å². The zero-order valence-corrected chi connectivity index (χ0v) is 10.7. The van der Waals surface area contributed by atoms with E-state index in [0.29, 0.717) is 17.1 Å². The van der Waals surface area contributed by atoms with Crippen LogP contribution in [0.25, 0.3) is 0 Å². The van der Waals surface area contributed by atoms with Crippen LogP contribution in [0.3, 0.4) is 0 Å². The molecule has 0 fully saturated rings. The number of carboxylic acid groups (broad SMARTS) is 1. The molecular formula is C11H18N2O2S. The van der Waals surface area contributed by atoms with Crippen LogP contribution in [-0.4, -0.2) is 22.1 Å². The molecule has 0 aliphatic rings. The van der Waals surface area contributed by atoms with Gasteiger partial charge in [0.2, 0.25) is 0 Å². The molecule has 1 aromatic heterocycles. The standard InChI is InChI=1S/C11H18N2O2S/c1-4-7(2)5-8(3)13-11-12-6-9(16-11)10(14)15/h6-8H,4-5H2,1-3H3,(H,12,13)(H,14,15). The Morgan fingerprint density at radius 1 is 1.62 bits per heavy atom. The molecule has 0 saturated carbocycles. The summed E-state index contributed by atoms with van der Waals surface area (Å²) in [6.07, 6.45) is 3.62. The lowest BCUT2D eigenvalue weighted by Crippen LogP contribution is -2.17. The smallest absolute Gasteiger partial charge is 0.347 e. The molecule has 0 radical (unpaired) electrons. The van der Waals surface area contributed by atoms with Crippen LogP contribution in [0.15, 0.2) is 6.20 Å². The summed E-state index contributed by atoms with van der Waals surface area (Å²) < 4.78 is 0. The van der Waals surface area contributed by atoms with E-state index in [1.165, 1.54) is 17.5 Å². The van der Waals surface area contributed by atoms with Crippen LogP contribution in [0.4, 0.5) is 5.13 Å². The van der Waals surface area contributed by atoms with E-state index in [2.05, 4.69) is 31.1 Å². The van der Waals surface area contributed by atoms with Crippen LogP contribution in [0.2, 0.25) is 0 Å². The number of carboxylic acids is 1. The zero-order valence-electron chi connectivity index (χ0n) is 9.86. The largest absolute Gasteiger partial charge is 0.477 e. The van der Waals surface area contributed by atoms with Crippen LogP contribution in [-0.2, 0) is 0 Å². The highest BCUT2D eigenvalue weighted by Crippen LogP contribution is 2.20. The Labute approximate surface area is 99.7 Å². The Kier molecular flexibility index (Phi) is 4.73. The Hall–Kier alpha value is -1.10. The number of carbonyl (C=O) groups is 1. The van der Waals surface area contributed by atoms with Crippen LogP contribution in [0, 0.1) is 5.92 Å². The summed E-state index contributed by atoms with van der Waals surface area (Å²) in [5.41, 5.74) is 0. The van der Waals surface area contributed by atoms with E-state index < -0.39 is 5.97 Å². The number of aromatic carboxylic acids is 1. The third kappa shape index (κ3) is 3.81. The molecule has 0 amide bonds. The first-order valence-corrected chi connectivity index (χ1v) is 6.30. The van der Waals surface area contributed by atoms with Crippen molar-refractivity contribution in [1.29, 1.82) is 0 Å². The summed E-state index contributed by atoms with van der Waals surface area (Å²) in [4.78, 5) is 15.0. The van der Waals surface area contributed by atoms with Gasteiger partial charge < -0.3 is 10.4 Å². The molecule has 0 aliphatic carbocycles. The van der Waals surface area contributed by atoms with Gasteiger partial charge in [-0.05, 0) is 19.3 Å². The van der Waals surface area contributed by atoms with Gasteiger partial charge in [-0.1, -0.05) is 31.6 Å². The molecule has 0 saturated heterocycles. The topological polar surface area (TPSA) is 62.2 Å². The first-order valence-electron chi connectivity index (χ1n) is 5.48. The molecule has 0 aliphatic heterocycles. The fourth-order valence-electron chi connectivity index (χ4n) is 1.48. The highest BCUT2D eigenvalue weighted by molar-refractivity contribution is 7.17. The van der Waals surface area contributed by atoms with Gasteiger partial charge >= 0.3 is 5.97 Å². The Bertz CT molecular complexity index is 352. The Morgan fingerprint density at radius 3 is 2.81 bits per heavy atom. The lowest BCUT2D eigenvalue weighted by atomic mass is 10.0. The molecule has 90 valence electrons. The highest BCUT2D eigenvalue weighted by Gasteiger charge is 2.11. The summed E-state index contributed by atoms with van der Waals surface area (Å²) >= 11 is 1.18. The molecule has 0 spiro atoms. The van der Waals surface area contributed by atoms with Crippen LogP contribution >= 0.6 is 11.3 Å². The zero-order chi connectivity index (χ0) is 12.1. The summed E-state index contributed by atoms with van der Waals surface area (Å²) in [7, 11) is 0. The molecule has 1 aromatic rings. The molecule has 0 aromatic carbocycles. The second-order valence-corrected chi connectivity index (χ2v) is 5.16. The molecule has 5 heteroatoms. The second kappa shape index (κ2) is 5.84. The molecule has 0 bridgehead atoms. The van der Waals surface area contributed by atoms with Crippen molar-refractivity contribution in [1.82, 2.24) is 4.98 Å². The maximum absolute atomic E-state index is 10.7. The van der Waals surface area contributed by atoms with Gasteiger partial charge in [0, 0.05) is 6.04 Å². The third-order valence-electron chi connectivity index (χ3n) is 2.54. The fraction of sp³-hybridized carbons (Fsp3) is 0.636. The van der Waals surface area contributed by atoms with Gasteiger partial charge in [0.15, 0.2) is 5.13 Å². The minimum atomic E-state index is -0.917. The summed E-state index contributed by atoms with van der Waals surface area (Å²) in [5, 5.41) is 12.7. The number of nitrogens with zero attached hydrogens (tertiary/aromatic N) is 1. The Morgan fingerprint density at radius 2 is 2.31 bits per heavy atom. The second-order valence-electron chi connectivity index (χ2n) is 4.13. The maximum atomic E-state index is 10.7. The van der Waals surface area contributed by atoms with Crippen molar-refractivity contribution < 1.29 is 9.90 Å². The average molecular weight is 242 g/mol. The summed E-state index contributed by atoms with van der Waals surface area (Å²) in [6, 6.07) is 0.322. The van der Waals surface area contributed by atoms with Gasteiger partial charge in [-0.2, -0.15) is 0 Å². The minimum absolute atomic E-state index is 0.276. The van der Waals surface area contributed by atoms with Gasteiger partial charge in [-0.3, -0.25) is 0 Å². The monoisotopic (exact) mass is 242 g/mol. The van der Waals surface area contributed by atoms with E-state index in [0.717, 1.165) is 12.8 Å². The number of hydrogen-bond donors (Lipinski definition) is 2. The summed E-state index contributed by atoms with van der Waals surface area (Å²) in [6.45, 7) is 6.47. The van der Waals surface area contributed by atoms with Gasteiger partial charge in [0.1, 0.15) is 4.88 Å². The number of hydrogen-bond acceptors (Lipinski definition) is 4. The molecule has 2 atom stereocenters. The van der Waals surface area contributed by atoms with Crippen molar-refractivity contribution in [2.75, 3.05) is 5.32 Å². The predicted octanol–water partition coefficient (Wildman–Crippen LogP) is 3.08. The van der Waals surface area contributed by atoms with E-state index in [1.54, 1.807) is 0 Å². The number of nitrogens with one attached hydrogen (secondary N) is 1. The van der Waals surface area contributed by atoms with Crippen molar-refractivity contribution in [3.05, 3.63) is 11.1 Å². The first-order chi connectivity index (χ1) is 7.52. The first kappa shape index (κ1) is 13.0. The number of thiazole rings is 1. The maximum Gasteiger partial charge on any atom is 0.347 e. The lowest BCUT2D eigenvalue weighted by Gasteiger charge is -2.16. The van der Waals surface area contributed by atoms with Gasteiger partial charge in [-0.15, -0.1) is 0 Å². The number of aromatic nitrogens is 1. The molecule has 4 nitrogen and oxygen atoms in total. The van der Waals surface area contributed by atoms with E-state index in [1.807, 2.05) is 0 Å². The average Bonchev–Trinajstić information content (AvgIpc) is 2.65. The quantitative estimate of drug-likeness (QED) is 0.804. The third-order valence-corrected chi connectivity index (χ3v) is 3.46. The molecule has 1 rings (SSSR count). The van der Waals surface area contributed by atoms with Crippen molar-refractivity contribution >= 4 is 22.4 Å². The van der Waals surface area contributed by atoms with Crippen molar-refractivity contribution in [3.8, 4) is 0 Å². The van der Waals surface area contributed by atoms with E-state index >= 15 is 0 Å². The number of rotatable bonds is 6. The molecule has 2 unspecified atom stereocenters. The van der Waals surface area contributed by atoms with E-state index in [-0.39, 0.29) is 4.88 Å². The minimum Gasteiger partial charge on any atom is -0.477 e. The molecular weight excluding hydrogens is 224 g/mol. The molecule has 16 heavy (non-hydrogen) atoms.